The molecule has 3 atom stereocenters. The van der Waals surface area contributed by atoms with E-state index in [1.807, 2.05) is 6.92 Å². The highest BCUT2D eigenvalue weighted by Gasteiger charge is 2.61. The van der Waals surface area contributed by atoms with Crippen molar-refractivity contribution in [2.45, 2.75) is 51.0 Å². The number of carbonyl (C=O) groups is 2. The van der Waals surface area contributed by atoms with Crippen molar-refractivity contribution in [3.8, 4) is 0 Å². The van der Waals surface area contributed by atoms with Crippen molar-refractivity contribution in [2.75, 3.05) is 11.9 Å². The van der Waals surface area contributed by atoms with Gasteiger partial charge in [-0.15, -0.1) is 0 Å². The van der Waals surface area contributed by atoms with E-state index in [0.29, 0.717) is 48.2 Å². The van der Waals surface area contributed by atoms with Gasteiger partial charge in [-0.3, -0.25) is 9.59 Å². The molecule has 1 heterocycles. The molecule has 0 amide bonds. The van der Waals surface area contributed by atoms with Crippen molar-refractivity contribution in [2.24, 2.45) is 23.7 Å². The Bertz CT molecular complexity index is 1160. The average Bonchev–Trinajstić information content (AvgIpc) is 2.80. The number of nitrogens with one attached hydrogen (secondary N) is 1. The Hall–Kier alpha value is -2.87. The first-order valence-corrected chi connectivity index (χ1v) is 12.3. The van der Waals surface area contributed by atoms with Gasteiger partial charge in [0.1, 0.15) is 5.02 Å². The first-order valence-electron chi connectivity index (χ1n) is 11.9. The van der Waals surface area contributed by atoms with Gasteiger partial charge in [0.25, 0.3) is 5.56 Å². The first-order chi connectivity index (χ1) is 16.3. The number of esters is 1. The number of carboxylic acids is 1. The standard InChI is InChI=1S/C25H28ClN3O5/c1-2-7-34-24(33)16-3-5-18(6-4-16)28-19-13-27-29(22(30)21(19)26)25-11-14-8-15(12-25)10-17(9-14)20(25)23(31)32/h3-6,13-15,17,20,28H,2,7-12H2,1H3,(H,31,32)/t14-,15-,17?,20+,25?/m0/s1. The number of hydrogen-bond donors (Lipinski definition) is 2. The van der Waals surface area contributed by atoms with Crippen LogP contribution in [0.5, 0.6) is 0 Å². The van der Waals surface area contributed by atoms with Gasteiger partial charge in [-0.2, -0.15) is 5.10 Å². The summed E-state index contributed by atoms with van der Waals surface area (Å²) < 4.78 is 6.50. The maximum Gasteiger partial charge on any atom is 0.338 e. The maximum absolute atomic E-state index is 13.4. The number of rotatable bonds is 7. The van der Waals surface area contributed by atoms with E-state index < -0.39 is 23.0 Å². The van der Waals surface area contributed by atoms with Gasteiger partial charge in [-0.05, 0) is 80.5 Å². The van der Waals surface area contributed by atoms with Crippen molar-refractivity contribution < 1.29 is 19.4 Å². The molecule has 0 radical (unpaired) electrons. The summed E-state index contributed by atoms with van der Waals surface area (Å²) in [5, 5.41) is 17.6. The van der Waals surface area contributed by atoms with E-state index in [2.05, 4.69) is 10.4 Å². The van der Waals surface area contributed by atoms with Crippen molar-refractivity contribution in [1.82, 2.24) is 9.78 Å². The summed E-state index contributed by atoms with van der Waals surface area (Å²) in [5.74, 6) is -0.925. The lowest BCUT2D eigenvalue weighted by atomic mass is 9.48. The zero-order valence-electron chi connectivity index (χ0n) is 19.0. The number of ether oxygens (including phenoxy) is 1. The zero-order chi connectivity index (χ0) is 24.0. The molecule has 4 aliphatic carbocycles. The van der Waals surface area contributed by atoms with Crippen LogP contribution >= 0.6 is 11.6 Å². The van der Waals surface area contributed by atoms with E-state index in [1.54, 1.807) is 24.3 Å². The predicted octanol–water partition coefficient (Wildman–Crippen LogP) is 4.44. The smallest absolute Gasteiger partial charge is 0.338 e. The number of aliphatic carboxylic acids is 1. The molecule has 2 aromatic rings. The van der Waals surface area contributed by atoms with Crippen LogP contribution in [0.4, 0.5) is 11.4 Å². The molecule has 0 spiro atoms. The molecule has 0 unspecified atom stereocenters. The molecule has 4 aliphatic rings. The number of nitrogens with zero attached hydrogens (tertiary/aromatic N) is 2. The van der Waals surface area contributed by atoms with Gasteiger partial charge in [0.15, 0.2) is 0 Å². The monoisotopic (exact) mass is 485 g/mol. The summed E-state index contributed by atoms with van der Waals surface area (Å²) in [6, 6.07) is 6.67. The molecule has 2 N–H and O–H groups in total. The molecule has 1 aromatic heterocycles. The summed E-state index contributed by atoms with van der Waals surface area (Å²) >= 11 is 6.50. The zero-order valence-corrected chi connectivity index (χ0v) is 19.8. The Balaban J connectivity index is 1.42. The van der Waals surface area contributed by atoms with Crippen LogP contribution in [0.2, 0.25) is 5.02 Å². The van der Waals surface area contributed by atoms with E-state index >= 15 is 0 Å². The summed E-state index contributed by atoms with van der Waals surface area (Å²) in [4.78, 5) is 37.7. The van der Waals surface area contributed by atoms with E-state index in [-0.39, 0.29) is 16.9 Å². The molecule has 180 valence electrons. The first kappa shape index (κ1) is 22.9. The second kappa shape index (κ2) is 8.73. The number of carboxylic acid groups (broad SMARTS) is 1. The van der Waals surface area contributed by atoms with Gasteiger partial charge in [-0.1, -0.05) is 18.5 Å². The Morgan fingerprint density at radius 1 is 1.21 bits per heavy atom. The number of anilines is 2. The van der Waals surface area contributed by atoms with Gasteiger partial charge in [0.05, 0.1) is 35.5 Å². The SMILES string of the molecule is CCCOC(=O)c1ccc(Nc2cnn(C34C[C@@H]5CC(C[C@H](C5)C3)[C@@H]4C(=O)O)c(=O)c2Cl)cc1. The molecule has 9 heteroatoms. The van der Waals surface area contributed by atoms with Crippen LogP contribution < -0.4 is 10.9 Å². The Morgan fingerprint density at radius 2 is 1.88 bits per heavy atom. The van der Waals surface area contributed by atoms with E-state index in [0.717, 1.165) is 25.7 Å². The van der Waals surface area contributed by atoms with E-state index in [9.17, 15) is 19.5 Å². The van der Waals surface area contributed by atoms with Gasteiger partial charge in [-0.25, -0.2) is 9.48 Å². The third-order valence-electron chi connectivity index (χ3n) is 7.72. The lowest BCUT2D eigenvalue weighted by Crippen LogP contribution is -2.63. The molecule has 6 rings (SSSR count). The molecule has 4 fully saturated rings. The van der Waals surface area contributed by atoms with Crippen LogP contribution in [-0.4, -0.2) is 33.4 Å². The highest BCUT2D eigenvalue weighted by molar-refractivity contribution is 6.33. The summed E-state index contributed by atoms with van der Waals surface area (Å²) in [6.45, 7) is 2.29. The largest absolute Gasteiger partial charge is 0.481 e. The van der Waals surface area contributed by atoms with Crippen LogP contribution in [0.15, 0.2) is 35.3 Å². The number of benzene rings is 1. The van der Waals surface area contributed by atoms with Crippen LogP contribution in [0.1, 0.15) is 55.8 Å². The minimum absolute atomic E-state index is 0.0266. The van der Waals surface area contributed by atoms with Crippen molar-refractivity contribution in [3.05, 3.63) is 51.4 Å². The minimum atomic E-state index is -0.853. The number of halogens is 1. The van der Waals surface area contributed by atoms with E-state index in [4.69, 9.17) is 16.3 Å². The molecule has 1 aromatic carbocycles. The number of aromatic nitrogens is 2. The minimum Gasteiger partial charge on any atom is -0.481 e. The fourth-order valence-electron chi connectivity index (χ4n) is 6.69. The second-order valence-electron chi connectivity index (χ2n) is 9.95. The molecular weight excluding hydrogens is 458 g/mol. The molecule has 0 aliphatic heterocycles. The van der Waals surface area contributed by atoms with Gasteiger partial charge in [0, 0.05) is 5.69 Å². The Morgan fingerprint density at radius 3 is 2.50 bits per heavy atom. The number of hydrogen-bond acceptors (Lipinski definition) is 6. The molecule has 34 heavy (non-hydrogen) atoms. The third-order valence-corrected chi connectivity index (χ3v) is 8.08. The predicted molar refractivity (Wildman–Crippen MR) is 126 cm³/mol. The van der Waals surface area contributed by atoms with Crippen molar-refractivity contribution in [1.29, 1.82) is 0 Å². The highest BCUT2D eigenvalue weighted by Crippen LogP contribution is 2.61. The third kappa shape index (κ3) is 3.78. The molecular formula is C25H28ClN3O5. The molecule has 0 saturated heterocycles. The maximum atomic E-state index is 13.4. The van der Waals surface area contributed by atoms with Crippen LogP contribution in [0, 0.1) is 23.7 Å². The average molecular weight is 486 g/mol. The molecule has 4 bridgehead atoms. The van der Waals surface area contributed by atoms with Crippen LogP contribution in [0.3, 0.4) is 0 Å². The Labute approximate surface area is 202 Å². The van der Waals surface area contributed by atoms with Gasteiger partial charge in [0.2, 0.25) is 0 Å². The quantitative estimate of drug-likeness (QED) is 0.557. The Kier molecular flexibility index (Phi) is 5.88. The lowest BCUT2D eigenvalue weighted by Gasteiger charge is -2.59. The summed E-state index contributed by atoms with van der Waals surface area (Å²) in [6.07, 6.45) is 6.49. The van der Waals surface area contributed by atoms with Gasteiger partial charge >= 0.3 is 11.9 Å². The fraction of sp³-hybridized carbons (Fsp3) is 0.520. The van der Waals surface area contributed by atoms with Crippen LogP contribution in [-0.2, 0) is 15.1 Å². The summed E-state index contributed by atoms with van der Waals surface area (Å²) in [5.41, 5.74) is 0.104. The van der Waals surface area contributed by atoms with E-state index in [1.165, 1.54) is 10.9 Å². The normalized spacial score (nSPS) is 29.1. The highest BCUT2D eigenvalue weighted by atomic mass is 35.5. The topological polar surface area (TPSA) is 111 Å². The van der Waals surface area contributed by atoms with Crippen LogP contribution in [0.25, 0.3) is 0 Å². The van der Waals surface area contributed by atoms with Crippen molar-refractivity contribution >= 4 is 34.9 Å². The second-order valence-corrected chi connectivity index (χ2v) is 10.3. The fourth-order valence-corrected chi connectivity index (χ4v) is 6.87. The molecule has 8 nitrogen and oxygen atoms in total. The summed E-state index contributed by atoms with van der Waals surface area (Å²) in [7, 11) is 0. The van der Waals surface area contributed by atoms with Crippen molar-refractivity contribution in [3.63, 3.8) is 0 Å². The number of carbonyl (C=O) groups excluding carboxylic acids is 1. The van der Waals surface area contributed by atoms with Gasteiger partial charge < -0.3 is 15.2 Å². The lowest BCUT2D eigenvalue weighted by molar-refractivity contribution is -0.168. The molecule has 4 saturated carbocycles.